The molecule has 0 aliphatic heterocycles. The van der Waals surface area contributed by atoms with Gasteiger partial charge in [0, 0.05) is 24.6 Å². The Kier molecular flexibility index (Phi) is 9.69. The van der Waals surface area contributed by atoms with Crippen molar-refractivity contribution in [1.29, 1.82) is 0 Å². The molecule has 0 aliphatic rings. The molecule has 2 unspecified atom stereocenters. The van der Waals surface area contributed by atoms with E-state index in [1.807, 2.05) is 12.1 Å². The number of benzene rings is 1. The number of hydrogen-bond acceptors (Lipinski definition) is 3. The fourth-order valence-corrected chi connectivity index (χ4v) is 2.54. The summed E-state index contributed by atoms with van der Waals surface area (Å²) in [7, 11) is 0. The third-order valence-corrected chi connectivity index (χ3v) is 4.35. The van der Waals surface area contributed by atoms with E-state index in [1.54, 1.807) is 0 Å². The molecule has 2 rings (SSSR count). The number of guanidine groups is 1. The van der Waals surface area contributed by atoms with Gasteiger partial charge in [-0.15, -0.1) is 24.0 Å². The second-order valence-corrected chi connectivity index (χ2v) is 6.70. The molecule has 0 amide bonds. The van der Waals surface area contributed by atoms with Crippen LogP contribution in [0.25, 0.3) is 0 Å². The van der Waals surface area contributed by atoms with Gasteiger partial charge in [-0.2, -0.15) is 0 Å². The Morgan fingerprint density at radius 2 is 1.85 bits per heavy atom. The van der Waals surface area contributed by atoms with Gasteiger partial charge in [0.15, 0.2) is 11.7 Å². The maximum absolute atomic E-state index is 5.36. The monoisotopic (exact) mass is 470 g/mol. The molecule has 144 valence electrons. The van der Waals surface area contributed by atoms with E-state index in [0.717, 1.165) is 24.0 Å². The molecule has 1 heterocycles. The highest BCUT2D eigenvalue weighted by Crippen LogP contribution is 2.18. The summed E-state index contributed by atoms with van der Waals surface area (Å²) in [6.45, 7) is 11.9. The van der Waals surface area contributed by atoms with Crippen molar-refractivity contribution in [3.8, 4) is 0 Å². The van der Waals surface area contributed by atoms with Crippen LogP contribution < -0.4 is 10.6 Å². The average Bonchev–Trinajstić information content (AvgIpc) is 3.09. The van der Waals surface area contributed by atoms with E-state index in [-0.39, 0.29) is 30.0 Å². The van der Waals surface area contributed by atoms with Crippen LogP contribution in [0, 0.1) is 0 Å². The number of aromatic nitrogens is 1. The Labute approximate surface area is 174 Å². The molecular formula is C20H31IN4O. The van der Waals surface area contributed by atoms with Crippen molar-refractivity contribution >= 4 is 29.9 Å². The second kappa shape index (κ2) is 11.2. The Morgan fingerprint density at radius 3 is 2.42 bits per heavy atom. The maximum atomic E-state index is 5.36. The number of rotatable bonds is 7. The Balaban J connectivity index is 0.00000338. The van der Waals surface area contributed by atoms with E-state index in [0.29, 0.717) is 18.4 Å². The molecule has 2 N–H and O–H groups in total. The molecule has 0 saturated carbocycles. The van der Waals surface area contributed by atoms with Crippen molar-refractivity contribution in [2.24, 2.45) is 4.99 Å². The van der Waals surface area contributed by atoms with Gasteiger partial charge in [0.1, 0.15) is 6.54 Å². The zero-order chi connectivity index (χ0) is 18.2. The van der Waals surface area contributed by atoms with Crippen LogP contribution >= 0.6 is 24.0 Å². The van der Waals surface area contributed by atoms with Gasteiger partial charge in [-0.25, -0.2) is 4.99 Å². The molecule has 6 heteroatoms. The zero-order valence-electron chi connectivity index (χ0n) is 16.3. The summed E-state index contributed by atoms with van der Waals surface area (Å²) < 4.78 is 5.36. The topological polar surface area (TPSA) is 62.5 Å². The van der Waals surface area contributed by atoms with E-state index in [2.05, 4.69) is 79.7 Å². The number of nitrogens with zero attached hydrogens (tertiary/aromatic N) is 2. The number of aliphatic imine (C=N–C) groups is 1. The molecule has 2 aromatic rings. The predicted molar refractivity (Wildman–Crippen MR) is 118 cm³/mol. The zero-order valence-corrected chi connectivity index (χ0v) is 18.7. The van der Waals surface area contributed by atoms with Crippen LogP contribution in [-0.2, 0) is 6.54 Å². The summed E-state index contributed by atoms with van der Waals surface area (Å²) in [4.78, 5) is 4.63. The fourth-order valence-electron chi connectivity index (χ4n) is 2.54. The molecular weight excluding hydrogens is 439 g/mol. The highest BCUT2D eigenvalue weighted by atomic mass is 127. The van der Waals surface area contributed by atoms with E-state index < -0.39 is 0 Å². The minimum Gasteiger partial charge on any atom is -0.359 e. The SMILES string of the molecule is CCNC(=NCc1cc(C(C)C)no1)NC(C)C(C)c1ccccc1.I. The first-order valence-corrected chi connectivity index (χ1v) is 9.06. The first kappa shape index (κ1) is 22.5. The van der Waals surface area contributed by atoms with Gasteiger partial charge in [-0.1, -0.05) is 56.3 Å². The van der Waals surface area contributed by atoms with E-state index in [4.69, 9.17) is 4.52 Å². The lowest BCUT2D eigenvalue weighted by Crippen LogP contribution is -2.44. The quantitative estimate of drug-likeness (QED) is 0.351. The van der Waals surface area contributed by atoms with Crippen LogP contribution in [0.4, 0.5) is 0 Å². The van der Waals surface area contributed by atoms with Gasteiger partial charge in [0.25, 0.3) is 0 Å². The lowest BCUT2D eigenvalue weighted by Gasteiger charge is -2.24. The van der Waals surface area contributed by atoms with Gasteiger partial charge < -0.3 is 15.2 Å². The lowest BCUT2D eigenvalue weighted by atomic mass is 9.94. The molecule has 5 nitrogen and oxygen atoms in total. The molecule has 0 spiro atoms. The van der Waals surface area contributed by atoms with Crippen molar-refractivity contribution in [3.63, 3.8) is 0 Å². The summed E-state index contributed by atoms with van der Waals surface area (Å²) in [5.74, 6) is 2.31. The number of halogens is 1. The van der Waals surface area contributed by atoms with Crippen molar-refractivity contribution in [2.45, 2.75) is 59.0 Å². The Hall–Kier alpha value is -1.57. The summed E-state index contributed by atoms with van der Waals surface area (Å²) in [6, 6.07) is 12.8. The molecule has 0 aliphatic carbocycles. The van der Waals surface area contributed by atoms with Crippen molar-refractivity contribution in [1.82, 2.24) is 15.8 Å². The molecule has 0 bridgehead atoms. The van der Waals surface area contributed by atoms with Gasteiger partial charge in [-0.05, 0) is 25.3 Å². The first-order chi connectivity index (χ1) is 12.0. The molecule has 1 aromatic heterocycles. The fraction of sp³-hybridized carbons (Fsp3) is 0.500. The minimum atomic E-state index is 0. The van der Waals surface area contributed by atoms with Gasteiger partial charge >= 0.3 is 0 Å². The Morgan fingerprint density at radius 1 is 1.15 bits per heavy atom. The molecule has 1 aromatic carbocycles. The van der Waals surface area contributed by atoms with Crippen molar-refractivity contribution in [3.05, 3.63) is 53.4 Å². The molecule has 0 fully saturated rings. The number of nitrogens with one attached hydrogen (secondary N) is 2. The lowest BCUT2D eigenvalue weighted by molar-refractivity contribution is 0.376. The van der Waals surface area contributed by atoms with Crippen LogP contribution in [0.1, 0.15) is 63.5 Å². The highest BCUT2D eigenvalue weighted by Gasteiger charge is 2.15. The van der Waals surface area contributed by atoms with E-state index >= 15 is 0 Å². The third-order valence-electron chi connectivity index (χ3n) is 4.35. The average molecular weight is 470 g/mol. The Bertz CT molecular complexity index is 669. The van der Waals surface area contributed by atoms with Crippen LogP contribution in [-0.4, -0.2) is 23.7 Å². The predicted octanol–water partition coefficient (Wildman–Crippen LogP) is 4.66. The van der Waals surface area contributed by atoms with Crippen LogP contribution in [0.5, 0.6) is 0 Å². The van der Waals surface area contributed by atoms with Gasteiger partial charge in [0.2, 0.25) is 0 Å². The molecule has 26 heavy (non-hydrogen) atoms. The molecule has 2 atom stereocenters. The van der Waals surface area contributed by atoms with Crippen LogP contribution in [0.2, 0.25) is 0 Å². The highest BCUT2D eigenvalue weighted by molar-refractivity contribution is 14.0. The maximum Gasteiger partial charge on any atom is 0.191 e. The first-order valence-electron chi connectivity index (χ1n) is 9.06. The van der Waals surface area contributed by atoms with Gasteiger partial charge in [-0.3, -0.25) is 0 Å². The van der Waals surface area contributed by atoms with Crippen LogP contribution in [0.3, 0.4) is 0 Å². The van der Waals surface area contributed by atoms with Crippen molar-refractivity contribution < 1.29 is 4.52 Å². The summed E-state index contributed by atoms with van der Waals surface area (Å²) in [5.41, 5.74) is 2.28. The van der Waals surface area contributed by atoms with E-state index in [1.165, 1.54) is 5.56 Å². The number of hydrogen-bond donors (Lipinski definition) is 2. The standard InChI is InChI=1S/C20H30N4O.HI/c1-6-21-20(22-13-18-12-19(14(2)3)24-25-18)23-16(5)15(4)17-10-8-7-9-11-17;/h7-12,14-16H,6,13H2,1-5H3,(H2,21,22,23);1H. The van der Waals surface area contributed by atoms with Crippen molar-refractivity contribution in [2.75, 3.05) is 6.54 Å². The smallest absolute Gasteiger partial charge is 0.191 e. The van der Waals surface area contributed by atoms with Crippen LogP contribution in [0.15, 0.2) is 45.9 Å². The summed E-state index contributed by atoms with van der Waals surface area (Å²) >= 11 is 0. The minimum absolute atomic E-state index is 0. The van der Waals surface area contributed by atoms with Gasteiger partial charge in [0.05, 0.1) is 5.69 Å². The summed E-state index contributed by atoms with van der Waals surface area (Å²) in [6.07, 6.45) is 0. The molecule has 0 radical (unpaired) electrons. The normalized spacial score (nSPS) is 13.8. The molecule has 0 saturated heterocycles. The second-order valence-electron chi connectivity index (χ2n) is 6.70. The van der Waals surface area contributed by atoms with E-state index in [9.17, 15) is 0 Å². The summed E-state index contributed by atoms with van der Waals surface area (Å²) in [5, 5.41) is 10.9. The third kappa shape index (κ3) is 6.63. The largest absolute Gasteiger partial charge is 0.359 e.